The molecule has 4 nitrogen and oxygen atoms in total. The van der Waals surface area contributed by atoms with Crippen molar-refractivity contribution in [1.82, 2.24) is 10.2 Å². The average molecular weight is 338 g/mol. The fraction of sp³-hybridized carbons (Fsp3) is 0.381. The van der Waals surface area contributed by atoms with Crippen LogP contribution in [0.5, 0.6) is 0 Å². The summed E-state index contributed by atoms with van der Waals surface area (Å²) < 4.78 is 0. The molecule has 132 valence electrons. The molecule has 0 heterocycles. The summed E-state index contributed by atoms with van der Waals surface area (Å²) in [6, 6.07) is 18.6. The van der Waals surface area contributed by atoms with E-state index >= 15 is 0 Å². The molecule has 4 heteroatoms. The molecule has 1 amide bonds. The van der Waals surface area contributed by atoms with Gasteiger partial charge in [0.1, 0.15) is 5.54 Å². The van der Waals surface area contributed by atoms with E-state index in [4.69, 9.17) is 5.11 Å². The zero-order valence-corrected chi connectivity index (χ0v) is 14.7. The Balaban J connectivity index is 1.78. The van der Waals surface area contributed by atoms with Crippen molar-refractivity contribution in [2.45, 2.75) is 24.8 Å². The maximum atomic E-state index is 13.0. The molecule has 1 aliphatic rings. The van der Waals surface area contributed by atoms with Crippen molar-refractivity contribution < 1.29 is 9.90 Å². The number of nitrogens with zero attached hydrogens (tertiary/aromatic N) is 1. The number of carbonyl (C=O) groups is 1. The van der Waals surface area contributed by atoms with Gasteiger partial charge < -0.3 is 10.4 Å². The van der Waals surface area contributed by atoms with E-state index in [0.29, 0.717) is 19.4 Å². The van der Waals surface area contributed by atoms with E-state index in [-0.39, 0.29) is 12.5 Å². The van der Waals surface area contributed by atoms with Gasteiger partial charge in [0.2, 0.25) is 5.91 Å². The number of fused-ring (bicyclic) bond motifs is 1. The van der Waals surface area contributed by atoms with Gasteiger partial charge in [0.05, 0.1) is 6.61 Å². The molecule has 0 saturated carbocycles. The van der Waals surface area contributed by atoms with Crippen LogP contribution in [-0.4, -0.2) is 48.2 Å². The van der Waals surface area contributed by atoms with Crippen LogP contribution in [-0.2, 0) is 24.1 Å². The van der Waals surface area contributed by atoms with E-state index in [1.807, 2.05) is 37.4 Å². The van der Waals surface area contributed by atoms with Gasteiger partial charge in [0.15, 0.2) is 0 Å². The summed E-state index contributed by atoms with van der Waals surface area (Å²) in [5, 5.41) is 12.0. The highest BCUT2D eigenvalue weighted by atomic mass is 16.3. The van der Waals surface area contributed by atoms with Gasteiger partial charge in [-0.2, -0.15) is 0 Å². The van der Waals surface area contributed by atoms with Crippen molar-refractivity contribution in [3.63, 3.8) is 0 Å². The Morgan fingerprint density at radius 3 is 2.28 bits per heavy atom. The summed E-state index contributed by atoms with van der Waals surface area (Å²) in [5.74, 6) is 0.00770. The number of rotatable bonds is 7. The summed E-state index contributed by atoms with van der Waals surface area (Å²) >= 11 is 0. The van der Waals surface area contributed by atoms with Gasteiger partial charge in [-0.3, -0.25) is 9.69 Å². The number of likely N-dealkylation sites (N-methyl/N-ethyl adjacent to an activating group) is 1. The summed E-state index contributed by atoms with van der Waals surface area (Å²) in [6.07, 6.45) is 2.33. The Hall–Kier alpha value is -2.17. The minimum absolute atomic E-state index is 0.00770. The van der Waals surface area contributed by atoms with Gasteiger partial charge in [-0.05, 0) is 30.2 Å². The standard InChI is InChI=1S/C21H26N2O2/c1-23(13-11-17-7-3-2-4-8-17)21(20(25)22-12-14-24)15-18-9-5-6-10-19(18)16-21/h2-10,24H,11-16H2,1H3,(H,22,25). The first kappa shape index (κ1) is 17.6. The van der Waals surface area contributed by atoms with E-state index < -0.39 is 5.54 Å². The number of nitrogens with one attached hydrogen (secondary N) is 1. The quantitative estimate of drug-likeness (QED) is 0.809. The van der Waals surface area contributed by atoms with Crippen LogP contribution < -0.4 is 5.32 Å². The summed E-state index contributed by atoms with van der Waals surface area (Å²) in [6.45, 7) is 1.07. The van der Waals surface area contributed by atoms with E-state index in [0.717, 1.165) is 13.0 Å². The number of hydrogen-bond acceptors (Lipinski definition) is 3. The molecule has 0 aromatic heterocycles. The van der Waals surface area contributed by atoms with Gasteiger partial charge in [0.25, 0.3) is 0 Å². The highest BCUT2D eigenvalue weighted by Gasteiger charge is 2.46. The third-order valence-corrected chi connectivity index (χ3v) is 5.21. The van der Waals surface area contributed by atoms with Gasteiger partial charge in [-0.15, -0.1) is 0 Å². The predicted octanol–water partition coefficient (Wildman–Crippen LogP) is 1.81. The number of aliphatic hydroxyl groups excluding tert-OH is 1. The molecule has 0 spiro atoms. The molecular formula is C21H26N2O2. The van der Waals surface area contributed by atoms with Crippen LogP contribution in [0.1, 0.15) is 16.7 Å². The second-order valence-corrected chi connectivity index (χ2v) is 6.79. The Kier molecular flexibility index (Phi) is 5.51. The maximum Gasteiger partial charge on any atom is 0.241 e. The van der Waals surface area contributed by atoms with Gasteiger partial charge >= 0.3 is 0 Å². The van der Waals surface area contributed by atoms with Crippen LogP contribution in [0, 0.1) is 0 Å². The van der Waals surface area contributed by atoms with Crippen molar-refractivity contribution in [2.75, 3.05) is 26.7 Å². The van der Waals surface area contributed by atoms with Crippen molar-refractivity contribution in [1.29, 1.82) is 0 Å². The van der Waals surface area contributed by atoms with E-state index in [2.05, 4.69) is 34.5 Å². The lowest BCUT2D eigenvalue weighted by atomic mass is 9.91. The number of hydrogen-bond donors (Lipinski definition) is 2. The predicted molar refractivity (Wildman–Crippen MR) is 99.5 cm³/mol. The molecule has 0 unspecified atom stereocenters. The largest absolute Gasteiger partial charge is 0.395 e. The summed E-state index contributed by atoms with van der Waals surface area (Å²) in [5.41, 5.74) is 3.19. The summed E-state index contributed by atoms with van der Waals surface area (Å²) in [4.78, 5) is 15.2. The number of benzene rings is 2. The Morgan fingerprint density at radius 1 is 1.08 bits per heavy atom. The first-order chi connectivity index (χ1) is 12.2. The topological polar surface area (TPSA) is 52.6 Å². The Morgan fingerprint density at radius 2 is 1.68 bits per heavy atom. The molecule has 1 aliphatic carbocycles. The number of amides is 1. The van der Waals surface area contributed by atoms with Gasteiger partial charge in [-0.25, -0.2) is 0 Å². The molecule has 2 aromatic carbocycles. The highest BCUT2D eigenvalue weighted by molar-refractivity contribution is 5.88. The fourth-order valence-electron chi connectivity index (χ4n) is 3.69. The van der Waals surface area contributed by atoms with Crippen LogP contribution in [0.4, 0.5) is 0 Å². The molecule has 25 heavy (non-hydrogen) atoms. The van der Waals surface area contributed by atoms with Crippen molar-refractivity contribution in [2.24, 2.45) is 0 Å². The molecule has 0 bridgehead atoms. The van der Waals surface area contributed by atoms with Crippen LogP contribution in [0.2, 0.25) is 0 Å². The van der Waals surface area contributed by atoms with Crippen LogP contribution in [0.25, 0.3) is 0 Å². The molecule has 0 radical (unpaired) electrons. The summed E-state index contributed by atoms with van der Waals surface area (Å²) in [7, 11) is 2.04. The minimum Gasteiger partial charge on any atom is -0.395 e. The Labute approximate surface area is 149 Å². The van der Waals surface area contributed by atoms with Crippen molar-refractivity contribution in [3.8, 4) is 0 Å². The van der Waals surface area contributed by atoms with Crippen molar-refractivity contribution >= 4 is 5.91 Å². The first-order valence-electron chi connectivity index (χ1n) is 8.87. The monoisotopic (exact) mass is 338 g/mol. The normalized spacial score (nSPS) is 15.2. The van der Waals surface area contributed by atoms with Crippen LogP contribution >= 0.6 is 0 Å². The minimum atomic E-state index is -0.576. The fourth-order valence-corrected chi connectivity index (χ4v) is 3.69. The van der Waals surface area contributed by atoms with Gasteiger partial charge in [-0.1, -0.05) is 54.6 Å². The third kappa shape index (κ3) is 3.75. The molecular weight excluding hydrogens is 312 g/mol. The molecule has 0 atom stereocenters. The lowest BCUT2D eigenvalue weighted by Crippen LogP contribution is -2.59. The first-order valence-corrected chi connectivity index (χ1v) is 8.87. The number of carbonyl (C=O) groups excluding carboxylic acids is 1. The second-order valence-electron chi connectivity index (χ2n) is 6.79. The molecule has 3 rings (SSSR count). The zero-order chi connectivity index (χ0) is 17.7. The van der Waals surface area contributed by atoms with Crippen molar-refractivity contribution in [3.05, 3.63) is 71.3 Å². The van der Waals surface area contributed by atoms with Gasteiger partial charge in [0, 0.05) is 25.9 Å². The van der Waals surface area contributed by atoms with E-state index in [1.165, 1.54) is 16.7 Å². The molecule has 0 saturated heterocycles. The highest BCUT2D eigenvalue weighted by Crippen LogP contribution is 2.34. The Bertz CT molecular complexity index is 690. The third-order valence-electron chi connectivity index (χ3n) is 5.21. The van der Waals surface area contributed by atoms with Crippen LogP contribution in [0.15, 0.2) is 54.6 Å². The lowest BCUT2D eigenvalue weighted by Gasteiger charge is -2.37. The average Bonchev–Trinajstić information content (AvgIpc) is 3.06. The molecule has 0 fully saturated rings. The maximum absolute atomic E-state index is 13.0. The molecule has 2 aromatic rings. The number of aliphatic hydroxyl groups is 1. The van der Waals surface area contributed by atoms with E-state index in [9.17, 15) is 4.79 Å². The second kappa shape index (κ2) is 7.81. The smallest absolute Gasteiger partial charge is 0.241 e. The molecule has 2 N–H and O–H groups in total. The SMILES string of the molecule is CN(CCc1ccccc1)C1(C(=O)NCCO)Cc2ccccc2C1. The zero-order valence-electron chi connectivity index (χ0n) is 14.7. The van der Waals surface area contributed by atoms with E-state index in [1.54, 1.807) is 0 Å². The molecule has 0 aliphatic heterocycles. The lowest BCUT2D eigenvalue weighted by molar-refractivity contribution is -0.132. The van der Waals surface area contributed by atoms with Crippen LogP contribution in [0.3, 0.4) is 0 Å².